The Balaban J connectivity index is 1.24. The number of aryl methyl sites for hydroxylation is 1. The van der Waals surface area contributed by atoms with E-state index in [1.807, 2.05) is 30.3 Å². The topological polar surface area (TPSA) is 122 Å². The molecule has 0 aliphatic carbocycles. The normalized spacial score (nSPS) is 10.8. The highest BCUT2D eigenvalue weighted by molar-refractivity contribution is 5.96. The van der Waals surface area contributed by atoms with Gasteiger partial charge in [0, 0.05) is 6.20 Å². The van der Waals surface area contributed by atoms with Crippen LogP contribution >= 0.6 is 0 Å². The van der Waals surface area contributed by atoms with E-state index >= 15 is 0 Å². The molecule has 3 heterocycles. The van der Waals surface area contributed by atoms with Crippen LogP contribution in [-0.4, -0.2) is 34.1 Å². The molecule has 0 spiro atoms. The van der Waals surface area contributed by atoms with E-state index in [-0.39, 0.29) is 30.3 Å². The van der Waals surface area contributed by atoms with Crippen molar-refractivity contribution in [2.75, 3.05) is 12.4 Å². The molecule has 0 saturated carbocycles. The van der Waals surface area contributed by atoms with Gasteiger partial charge in [0.2, 0.25) is 5.91 Å². The predicted molar refractivity (Wildman–Crippen MR) is 138 cm³/mol. The first-order valence-electron chi connectivity index (χ1n) is 11.7. The molecular formula is C28H24N4O6. The summed E-state index contributed by atoms with van der Waals surface area (Å²) in [5, 5.41) is 7.07. The summed E-state index contributed by atoms with van der Waals surface area (Å²) in [5.41, 5.74) is 2.37. The fraction of sp³-hybridized carbons (Fsp3) is 0.143. The number of oxazole rings is 1. The van der Waals surface area contributed by atoms with Crippen molar-refractivity contribution in [3.05, 3.63) is 95.7 Å². The maximum Gasteiger partial charge on any atom is 0.263 e. The first kappa shape index (κ1) is 24.6. The fourth-order valence-electron chi connectivity index (χ4n) is 3.80. The second kappa shape index (κ2) is 10.9. The number of para-hydroxylation sites is 1. The summed E-state index contributed by atoms with van der Waals surface area (Å²) in [7, 11) is 1.52. The van der Waals surface area contributed by atoms with Crippen molar-refractivity contribution in [3.8, 4) is 28.8 Å². The van der Waals surface area contributed by atoms with Gasteiger partial charge in [0.25, 0.3) is 5.89 Å². The van der Waals surface area contributed by atoms with Gasteiger partial charge in [0.1, 0.15) is 18.1 Å². The third-order valence-corrected chi connectivity index (χ3v) is 5.73. The Morgan fingerprint density at radius 2 is 1.95 bits per heavy atom. The summed E-state index contributed by atoms with van der Waals surface area (Å²) < 4.78 is 24.0. The lowest BCUT2D eigenvalue weighted by Gasteiger charge is -2.12. The second-order valence-electron chi connectivity index (χ2n) is 8.33. The lowest BCUT2D eigenvalue weighted by molar-refractivity contribution is -0.115. The van der Waals surface area contributed by atoms with Gasteiger partial charge in [0.15, 0.2) is 29.4 Å². The van der Waals surface area contributed by atoms with Crippen molar-refractivity contribution in [2.24, 2.45) is 0 Å². The summed E-state index contributed by atoms with van der Waals surface area (Å²) >= 11 is 0. The van der Waals surface area contributed by atoms with Crippen LogP contribution in [0.2, 0.25) is 0 Å². The molecule has 0 bridgehead atoms. The number of amides is 1. The molecule has 1 N–H and O–H groups in total. The van der Waals surface area contributed by atoms with Crippen LogP contribution in [0.1, 0.15) is 27.4 Å². The van der Waals surface area contributed by atoms with Crippen molar-refractivity contribution in [1.82, 2.24) is 14.8 Å². The molecule has 0 saturated heterocycles. The van der Waals surface area contributed by atoms with Crippen molar-refractivity contribution < 1.29 is 27.9 Å². The molecule has 0 fully saturated rings. The molecule has 0 aliphatic rings. The number of nitrogens with one attached hydrogen (secondary N) is 1. The monoisotopic (exact) mass is 512 g/mol. The maximum atomic E-state index is 12.8. The number of aromatic nitrogens is 3. The molecular weight excluding hydrogens is 488 g/mol. The van der Waals surface area contributed by atoms with Crippen LogP contribution < -0.4 is 14.8 Å². The molecule has 0 aliphatic heterocycles. The van der Waals surface area contributed by atoms with Crippen molar-refractivity contribution >= 4 is 18.0 Å². The lowest BCUT2D eigenvalue weighted by Crippen LogP contribution is -2.16. The average Bonchev–Trinajstić information content (AvgIpc) is 3.68. The fourth-order valence-corrected chi connectivity index (χ4v) is 3.80. The van der Waals surface area contributed by atoms with Gasteiger partial charge in [-0.1, -0.05) is 24.3 Å². The summed E-state index contributed by atoms with van der Waals surface area (Å²) in [6, 6.07) is 18.1. The summed E-state index contributed by atoms with van der Waals surface area (Å²) in [5.74, 6) is 2.35. The van der Waals surface area contributed by atoms with Crippen LogP contribution in [0.5, 0.6) is 11.5 Å². The lowest BCUT2D eigenvalue weighted by atomic mass is 10.1. The van der Waals surface area contributed by atoms with Crippen molar-refractivity contribution in [1.29, 1.82) is 0 Å². The highest BCUT2D eigenvalue weighted by atomic mass is 16.5. The Morgan fingerprint density at radius 3 is 2.68 bits per heavy atom. The van der Waals surface area contributed by atoms with E-state index in [9.17, 15) is 9.59 Å². The molecule has 10 heteroatoms. The molecule has 10 nitrogen and oxygen atoms in total. The summed E-state index contributed by atoms with van der Waals surface area (Å²) in [6.07, 6.45) is 3.82. The van der Waals surface area contributed by atoms with Crippen LogP contribution in [0.3, 0.4) is 0 Å². The van der Waals surface area contributed by atoms with E-state index in [0.717, 1.165) is 5.69 Å². The van der Waals surface area contributed by atoms with Gasteiger partial charge < -0.3 is 23.6 Å². The van der Waals surface area contributed by atoms with E-state index in [2.05, 4.69) is 15.4 Å². The van der Waals surface area contributed by atoms with E-state index in [1.165, 1.54) is 7.11 Å². The Kier molecular flexibility index (Phi) is 7.03. The number of rotatable bonds is 10. The number of aldehydes is 1. The number of anilines is 1. The maximum absolute atomic E-state index is 12.8. The zero-order valence-corrected chi connectivity index (χ0v) is 20.7. The highest BCUT2D eigenvalue weighted by Gasteiger charge is 2.17. The van der Waals surface area contributed by atoms with Gasteiger partial charge in [-0.3, -0.25) is 9.59 Å². The van der Waals surface area contributed by atoms with Crippen LogP contribution in [0.25, 0.3) is 17.3 Å². The van der Waals surface area contributed by atoms with Gasteiger partial charge in [-0.15, -0.1) is 5.10 Å². The number of methoxy groups -OCH3 is 1. The van der Waals surface area contributed by atoms with Crippen LogP contribution in [0.4, 0.5) is 5.82 Å². The van der Waals surface area contributed by atoms with Crippen LogP contribution in [-0.2, 0) is 17.8 Å². The standard InChI is InChI=1S/C28H24N4O6/c1-18-22(29-28(38-18)24-9-6-12-36-24)17-37-23-11-10-19(13-25(23)35-2)14-26(34)30-27-20(16-33)15-32(31-27)21-7-4-3-5-8-21/h3-13,15-16H,14,17H2,1-2H3,(H,30,31,34). The van der Waals surface area contributed by atoms with Gasteiger partial charge >= 0.3 is 0 Å². The summed E-state index contributed by atoms with van der Waals surface area (Å²) in [4.78, 5) is 28.7. The minimum Gasteiger partial charge on any atom is -0.493 e. The molecule has 0 radical (unpaired) electrons. The van der Waals surface area contributed by atoms with E-state index in [1.54, 1.807) is 54.4 Å². The Labute approximate surface area is 217 Å². The minimum atomic E-state index is -0.328. The first-order chi connectivity index (χ1) is 18.5. The zero-order chi connectivity index (χ0) is 26.5. The van der Waals surface area contributed by atoms with E-state index < -0.39 is 0 Å². The van der Waals surface area contributed by atoms with Crippen molar-refractivity contribution in [2.45, 2.75) is 20.0 Å². The largest absolute Gasteiger partial charge is 0.493 e. The number of benzene rings is 2. The second-order valence-corrected chi connectivity index (χ2v) is 8.33. The quantitative estimate of drug-likeness (QED) is 0.259. The Morgan fingerprint density at radius 1 is 1.11 bits per heavy atom. The Bertz CT molecular complexity index is 1550. The minimum absolute atomic E-state index is 0.0437. The van der Waals surface area contributed by atoms with Gasteiger partial charge in [-0.2, -0.15) is 0 Å². The number of hydrogen-bond donors (Lipinski definition) is 1. The molecule has 3 aromatic heterocycles. The molecule has 5 rings (SSSR count). The average molecular weight is 513 g/mol. The molecule has 0 atom stereocenters. The van der Waals surface area contributed by atoms with Crippen molar-refractivity contribution in [3.63, 3.8) is 0 Å². The number of ether oxygens (including phenoxy) is 2. The first-order valence-corrected chi connectivity index (χ1v) is 11.7. The molecule has 0 unspecified atom stereocenters. The smallest absolute Gasteiger partial charge is 0.263 e. The van der Waals surface area contributed by atoms with E-state index in [0.29, 0.717) is 46.5 Å². The predicted octanol–water partition coefficient (Wildman–Crippen LogP) is 5.01. The number of carbonyl (C=O) groups is 2. The van der Waals surface area contributed by atoms with Gasteiger partial charge in [0.05, 0.1) is 31.0 Å². The van der Waals surface area contributed by atoms with E-state index in [4.69, 9.17) is 18.3 Å². The number of nitrogens with zero attached hydrogens (tertiary/aromatic N) is 3. The third-order valence-electron chi connectivity index (χ3n) is 5.73. The molecule has 1 amide bonds. The number of furan rings is 1. The summed E-state index contributed by atoms with van der Waals surface area (Å²) in [6.45, 7) is 1.96. The molecule has 38 heavy (non-hydrogen) atoms. The Hall–Kier alpha value is -5.12. The molecule has 2 aromatic carbocycles. The van der Waals surface area contributed by atoms with Crippen LogP contribution in [0.15, 0.2) is 82.0 Å². The number of carbonyl (C=O) groups excluding carboxylic acids is 2. The number of hydrogen-bond acceptors (Lipinski definition) is 8. The van der Waals surface area contributed by atoms with Gasteiger partial charge in [-0.05, 0) is 48.9 Å². The third kappa shape index (κ3) is 5.34. The molecule has 192 valence electrons. The SMILES string of the molecule is COc1cc(CC(=O)Nc2nn(-c3ccccc3)cc2C=O)ccc1OCc1nc(-c2ccco2)oc1C. The van der Waals surface area contributed by atoms with Gasteiger partial charge in [-0.25, -0.2) is 9.67 Å². The zero-order valence-electron chi connectivity index (χ0n) is 20.7. The molecule has 5 aromatic rings. The highest BCUT2D eigenvalue weighted by Crippen LogP contribution is 2.30. The van der Waals surface area contributed by atoms with Crippen LogP contribution in [0, 0.1) is 6.92 Å².